The maximum absolute atomic E-state index is 13.3. The predicted octanol–water partition coefficient (Wildman–Crippen LogP) is 0.936. The summed E-state index contributed by atoms with van der Waals surface area (Å²) in [6.45, 7) is 2.43. The molecule has 2 aliphatic rings. The van der Waals surface area contributed by atoms with Gasteiger partial charge in [0.15, 0.2) is 5.69 Å². The largest absolute Gasteiger partial charge is 0.354 e. The van der Waals surface area contributed by atoms with E-state index in [0.29, 0.717) is 6.54 Å². The van der Waals surface area contributed by atoms with Gasteiger partial charge in [0.25, 0.3) is 11.8 Å². The van der Waals surface area contributed by atoms with Crippen LogP contribution in [0.4, 0.5) is 0 Å². The van der Waals surface area contributed by atoms with Crippen molar-refractivity contribution in [2.45, 2.75) is 44.4 Å². The molecule has 0 unspecified atom stereocenters. The zero-order chi connectivity index (χ0) is 19.9. The first-order valence-electron chi connectivity index (χ1n) is 9.39. The van der Waals surface area contributed by atoms with E-state index in [4.69, 9.17) is 0 Å². The third-order valence-corrected chi connectivity index (χ3v) is 5.41. The zero-order valence-corrected chi connectivity index (χ0v) is 15.9. The number of hydrogen-bond donors (Lipinski definition) is 2. The van der Waals surface area contributed by atoms with Crippen LogP contribution in [-0.4, -0.2) is 50.8 Å². The standard InChI is InChI=1S/C20H23N5O3/c1-20(19(28)22-10-13-6-4-3-5-7-13)11-24-12-23-15(17(26)21-2)16(24)18(27)25(20)14-8-9-14/h3-7,12,14H,8-11H2,1-2H3,(H,21,26)(H,22,28)/t20-/m0/s1. The minimum Gasteiger partial charge on any atom is -0.354 e. The summed E-state index contributed by atoms with van der Waals surface area (Å²) in [6, 6.07) is 9.66. The van der Waals surface area contributed by atoms with E-state index in [1.807, 2.05) is 30.3 Å². The highest BCUT2D eigenvalue weighted by molar-refractivity contribution is 6.07. The molecule has 2 N–H and O–H groups in total. The number of carbonyl (C=O) groups excluding carboxylic acids is 3. The third kappa shape index (κ3) is 2.94. The lowest BCUT2D eigenvalue weighted by atomic mass is 9.93. The van der Waals surface area contributed by atoms with Crippen molar-refractivity contribution in [3.63, 3.8) is 0 Å². The fourth-order valence-corrected chi connectivity index (χ4v) is 3.81. The van der Waals surface area contributed by atoms with Crippen LogP contribution >= 0.6 is 0 Å². The molecular formula is C20H23N5O3. The molecule has 0 spiro atoms. The first kappa shape index (κ1) is 18.2. The Balaban J connectivity index is 1.64. The molecule has 1 atom stereocenters. The first-order chi connectivity index (χ1) is 13.5. The average molecular weight is 381 g/mol. The summed E-state index contributed by atoms with van der Waals surface area (Å²) in [4.78, 5) is 44.3. The summed E-state index contributed by atoms with van der Waals surface area (Å²) < 4.78 is 1.62. The van der Waals surface area contributed by atoms with Gasteiger partial charge < -0.3 is 20.1 Å². The molecule has 28 heavy (non-hydrogen) atoms. The van der Waals surface area contributed by atoms with Crippen molar-refractivity contribution in [1.29, 1.82) is 0 Å². The number of aromatic nitrogens is 2. The van der Waals surface area contributed by atoms with Crippen molar-refractivity contribution in [2.75, 3.05) is 7.05 Å². The molecule has 3 amide bonds. The molecule has 146 valence electrons. The SMILES string of the molecule is CNC(=O)c1ncn2c1C(=O)N(C1CC1)[C@](C)(C(=O)NCc1ccccc1)C2. The lowest BCUT2D eigenvalue weighted by Crippen LogP contribution is -2.64. The summed E-state index contributed by atoms with van der Waals surface area (Å²) >= 11 is 0. The molecule has 8 heteroatoms. The normalized spacial score (nSPS) is 21.2. The number of nitrogens with one attached hydrogen (secondary N) is 2. The second-order valence-corrected chi connectivity index (χ2v) is 7.50. The number of imidazole rings is 1. The summed E-state index contributed by atoms with van der Waals surface area (Å²) in [5.74, 6) is -0.936. The molecule has 0 bridgehead atoms. The molecule has 0 radical (unpaired) electrons. The van der Waals surface area contributed by atoms with Crippen molar-refractivity contribution >= 4 is 17.7 Å². The Morgan fingerprint density at radius 2 is 1.96 bits per heavy atom. The monoisotopic (exact) mass is 381 g/mol. The molecule has 1 aliphatic carbocycles. The van der Waals surface area contributed by atoms with Crippen molar-refractivity contribution in [1.82, 2.24) is 25.1 Å². The van der Waals surface area contributed by atoms with Gasteiger partial charge in [-0.15, -0.1) is 0 Å². The summed E-state index contributed by atoms with van der Waals surface area (Å²) in [5.41, 5.74) is 0.301. The Morgan fingerprint density at radius 3 is 2.61 bits per heavy atom. The van der Waals surface area contributed by atoms with Gasteiger partial charge in [0.2, 0.25) is 5.91 Å². The fraction of sp³-hybridized carbons (Fsp3) is 0.400. The molecule has 1 saturated carbocycles. The Bertz CT molecular complexity index is 935. The van der Waals surface area contributed by atoms with Gasteiger partial charge in [0.1, 0.15) is 11.2 Å². The van der Waals surface area contributed by atoms with Gasteiger partial charge in [0.05, 0.1) is 12.9 Å². The van der Waals surface area contributed by atoms with E-state index in [2.05, 4.69) is 15.6 Å². The molecule has 2 aromatic rings. The van der Waals surface area contributed by atoms with Crippen LogP contribution in [0.15, 0.2) is 36.7 Å². The van der Waals surface area contributed by atoms with E-state index >= 15 is 0 Å². The van der Waals surface area contributed by atoms with Gasteiger partial charge in [-0.1, -0.05) is 30.3 Å². The number of benzene rings is 1. The summed E-state index contributed by atoms with van der Waals surface area (Å²) in [6.07, 6.45) is 3.18. The number of hydrogen-bond acceptors (Lipinski definition) is 4. The first-order valence-corrected chi connectivity index (χ1v) is 9.39. The minimum atomic E-state index is -1.04. The summed E-state index contributed by atoms with van der Waals surface area (Å²) in [5, 5.41) is 5.48. The smallest absolute Gasteiger partial charge is 0.274 e. The topological polar surface area (TPSA) is 96.3 Å². The van der Waals surface area contributed by atoms with Gasteiger partial charge in [-0.05, 0) is 25.3 Å². The van der Waals surface area contributed by atoms with Crippen LogP contribution in [0.1, 0.15) is 46.3 Å². The van der Waals surface area contributed by atoms with E-state index in [1.165, 1.54) is 13.4 Å². The molecule has 4 rings (SSSR count). The molecule has 1 fully saturated rings. The number of amides is 3. The van der Waals surface area contributed by atoms with E-state index in [0.717, 1.165) is 18.4 Å². The van der Waals surface area contributed by atoms with Crippen LogP contribution in [0.5, 0.6) is 0 Å². The van der Waals surface area contributed by atoms with E-state index in [9.17, 15) is 14.4 Å². The van der Waals surface area contributed by atoms with Crippen LogP contribution in [0.3, 0.4) is 0 Å². The van der Waals surface area contributed by atoms with Gasteiger partial charge in [-0.3, -0.25) is 14.4 Å². The van der Waals surface area contributed by atoms with Crippen LogP contribution in [0.25, 0.3) is 0 Å². The van der Waals surface area contributed by atoms with Gasteiger partial charge in [0, 0.05) is 19.6 Å². The molecule has 1 aromatic heterocycles. The number of rotatable bonds is 5. The van der Waals surface area contributed by atoms with Crippen molar-refractivity contribution in [3.05, 3.63) is 53.6 Å². The van der Waals surface area contributed by atoms with Crippen molar-refractivity contribution in [2.24, 2.45) is 0 Å². The molecule has 8 nitrogen and oxygen atoms in total. The van der Waals surface area contributed by atoms with Crippen LogP contribution < -0.4 is 10.6 Å². The Labute approximate surface area is 162 Å². The number of nitrogens with zero attached hydrogens (tertiary/aromatic N) is 3. The Hall–Kier alpha value is -3.16. The van der Waals surface area contributed by atoms with Crippen LogP contribution in [0.2, 0.25) is 0 Å². The fourth-order valence-electron chi connectivity index (χ4n) is 3.81. The Morgan fingerprint density at radius 1 is 1.25 bits per heavy atom. The van der Waals surface area contributed by atoms with Gasteiger partial charge in [-0.2, -0.15) is 0 Å². The third-order valence-electron chi connectivity index (χ3n) is 5.41. The van der Waals surface area contributed by atoms with Crippen molar-refractivity contribution in [3.8, 4) is 0 Å². The maximum Gasteiger partial charge on any atom is 0.274 e. The Kier molecular flexibility index (Phi) is 4.41. The second kappa shape index (κ2) is 6.78. The minimum absolute atomic E-state index is 0.0150. The van der Waals surface area contributed by atoms with Crippen LogP contribution in [-0.2, 0) is 17.9 Å². The van der Waals surface area contributed by atoms with Gasteiger partial charge >= 0.3 is 0 Å². The highest BCUT2D eigenvalue weighted by Gasteiger charge is 2.53. The predicted molar refractivity (Wildman–Crippen MR) is 102 cm³/mol. The highest BCUT2D eigenvalue weighted by atomic mass is 16.2. The number of carbonyl (C=O) groups is 3. The van der Waals surface area contributed by atoms with E-state index < -0.39 is 11.4 Å². The molecule has 1 aliphatic heterocycles. The van der Waals surface area contributed by atoms with E-state index in [1.54, 1.807) is 16.4 Å². The second-order valence-electron chi connectivity index (χ2n) is 7.50. The molecule has 0 saturated heterocycles. The molecular weight excluding hydrogens is 358 g/mol. The van der Waals surface area contributed by atoms with Crippen molar-refractivity contribution < 1.29 is 14.4 Å². The van der Waals surface area contributed by atoms with Gasteiger partial charge in [-0.25, -0.2) is 4.98 Å². The average Bonchev–Trinajstić information content (AvgIpc) is 3.44. The zero-order valence-electron chi connectivity index (χ0n) is 15.9. The lowest BCUT2D eigenvalue weighted by molar-refractivity contribution is -0.133. The lowest BCUT2D eigenvalue weighted by Gasteiger charge is -2.44. The van der Waals surface area contributed by atoms with Crippen LogP contribution in [0, 0.1) is 0 Å². The maximum atomic E-state index is 13.3. The quantitative estimate of drug-likeness (QED) is 0.806. The summed E-state index contributed by atoms with van der Waals surface area (Å²) in [7, 11) is 1.50. The molecule has 1 aromatic carbocycles. The van der Waals surface area contributed by atoms with E-state index in [-0.39, 0.29) is 35.8 Å². The highest BCUT2D eigenvalue weighted by Crippen LogP contribution is 2.38. The number of fused-ring (bicyclic) bond motifs is 1. The molecule has 2 heterocycles.